The van der Waals surface area contributed by atoms with Crippen LogP contribution in [0.2, 0.25) is 0 Å². The van der Waals surface area contributed by atoms with Gasteiger partial charge in [-0.3, -0.25) is 4.79 Å². The zero-order valence-electron chi connectivity index (χ0n) is 13.7. The van der Waals surface area contributed by atoms with Crippen LogP contribution in [0, 0.1) is 0 Å². The van der Waals surface area contributed by atoms with E-state index in [9.17, 15) is 14.7 Å². The van der Waals surface area contributed by atoms with Crippen LogP contribution < -0.4 is 5.32 Å². The maximum atomic E-state index is 12.4. The Labute approximate surface area is 148 Å². The summed E-state index contributed by atoms with van der Waals surface area (Å²) in [7, 11) is 0. The van der Waals surface area contributed by atoms with E-state index in [2.05, 4.69) is 10.3 Å². The number of carbonyl (C=O) groups is 2. The molecule has 4 aromatic rings. The van der Waals surface area contributed by atoms with E-state index >= 15 is 0 Å². The maximum absolute atomic E-state index is 12.4. The Morgan fingerprint density at radius 2 is 1.88 bits per heavy atom. The summed E-state index contributed by atoms with van der Waals surface area (Å²) in [4.78, 5) is 27.2. The third-order valence-corrected chi connectivity index (χ3v) is 4.35. The van der Waals surface area contributed by atoms with Crippen LogP contribution in [0.5, 0.6) is 0 Å². The maximum Gasteiger partial charge on any atom is 0.326 e. The Balaban J connectivity index is 1.56. The number of hydrogen-bond donors (Lipinski definition) is 3. The number of aromatic nitrogens is 1. The first-order valence-electron chi connectivity index (χ1n) is 8.19. The Bertz CT molecular complexity index is 1080. The van der Waals surface area contributed by atoms with Crippen molar-refractivity contribution < 1.29 is 19.1 Å². The van der Waals surface area contributed by atoms with Crippen molar-refractivity contribution in [1.82, 2.24) is 10.3 Å². The lowest BCUT2D eigenvalue weighted by Gasteiger charge is -2.13. The zero-order valence-corrected chi connectivity index (χ0v) is 13.7. The molecule has 4 rings (SSSR count). The standard InChI is InChI=1S/C20H16N2O4/c23-19(18-10-12-5-1-4-8-17(12)26-18)22-16(20(24)25)9-13-11-21-15-7-3-2-6-14(13)15/h1-8,10-11,16,21H,9H2,(H,22,23)(H,24,25)/t16-/m1/s1. The number of hydrogen-bond acceptors (Lipinski definition) is 3. The van der Waals surface area contributed by atoms with E-state index in [4.69, 9.17) is 4.42 Å². The minimum atomic E-state index is -1.10. The molecule has 0 aliphatic carbocycles. The topological polar surface area (TPSA) is 95.3 Å². The van der Waals surface area contributed by atoms with Crippen LogP contribution in [-0.4, -0.2) is 28.0 Å². The molecule has 0 aliphatic heterocycles. The van der Waals surface area contributed by atoms with Gasteiger partial charge in [-0.2, -0.15) is 0 Å². The number of furan rings is 1. The number of benzene rings is 2. The van der Waals surface area contributed by atoms with E-state index < -0.39 is 17.9 Å². The molecule has 2 aromatic heterocycles. The third kappa shape index (κ3) is 2.93. The molecule has 0 saturated heterocycles. The quantitative estimate of drug-likeness (QED) is 0.515. The molecule has 0 saturated carbocycles. The third-order valence-electron chi connectivity index (χ3n) is 4.35. The summed E-state index contributed by atoms with van der Waals surface area (Å²) >= 11 is 0. The highest BCUT2D eigenvalue weighted by atomic mass is 16.4. The number of rotatable bonds is 5. The second-order valence-electron chi connectivity index (χ2n) is 6.08. The molecule has 2 aromatic carbocycles. The van der Waals surface area contributed by atoms with Gasteiger partial charge in [0, 0.05) is 28.9 Å². The van der Waals surface area contributed by atoms with Crippen molar-refractivity contribution in [2.45, 2.75) is 12.5 Å². The molecule has 1 amide bonds. The van der Waals surface area contributed by atoms with E-state index in [1.54, 1.807) is 18.3 Å². The smallest absolute Gasteiger partial charge is 0.326 e. The highest BCUT2D eigenvalue weighted by molar-refractivity contribution is 5.98. The fourth-order valence-corrected chi connectivity index (χ4v) is 3.04. The minimum Gasteiger partial charge on any atom is -0.480 e. The van der Waals surface area contributed by atoms with Gasteiger partial charge < -0.3 is 19.8 Å². The van der Waals surface area contributed by atoms with Crippen molar-refractivity contribution in [3.63, 3.8) is 0 Å². The number of amides is 1. The van der Waals surface area contributed by atoms with Gasteiger partial charge in [-0.1, -0.05) is 36.4 Å². The number of para-hydroxylation sites is 2. The molecule has 0 fully saturated rings. The average molecular weight is 348 g/mol. The summed E-state index contributed by atoms with van der Waals surface area (Å²) in [5, 5.41) is 13.8. The molecule has 26 heavy (non-hydrogen) atoms. The lowest BCUT2D eigenvalue weighted by Crippen LogP contribution is -2.42. The highest BCUT2D eigenvalue weighted by Crippen LogP contribution is 2.21. The van der Waals surface area contributed by atoms with Crippen LogP contribution in [0.25, 0.3) is 21.9 Å². The predicted octanol–water partition coefficient (Wildman–Crippen LogP) is 3.34. The Morgan fingerprint density at radius 1 is 1.12 bits per heavy atom. The number of aromatic amines is 1. The first-order chi connectivity index (χ1) is 12.6. The van der Waals surface area contributed by atoms with Crippen molar-refractivity contribution >= 4 is 33.7 Å². The number of fused-ring (bicyclic) bond motifs is 2. The summed E-state index contributed by atoms with van der Waals surface area (Å²) in [5.41, 5.74) is 2.34. The number of H-pyrrole nitrogens is 1. The Morgan fingerprint density at radius 3 is 2.69 bits per heavy atom. The van der Waals surface area contributed by atoms with Crippen LogP contribution >= 0.6 is 0 Å². The monoisotopic (exact) mass is 348 g/mol. The van der Waals surface area contributed by atoms with Crippen LogP contribution in [0.1, 0.15) is 16.1 Å². The van der Waals surface area contributed by atoms with Crippen molar-refractivity contribution in [3.8, 4) is 0 Å². The van der Waals surface area contributed by atoms with E-state index in [0.717, 1.165) is 21.9 Å². The Kier molecular flexibility index (Phi) is 3.93. The second-order valence-corrected chi connectivity index (χ2v) is 6.08. The zero-order chi connectivity index (χ0) is 18.1. The van der Waals surface area contributed by atoms with Gasteiger partial charge in [-0.15, -0.1) is 0 Å². The summed E-state index contributed by atoms with van der Waals surface area (Å²) in [6.45, 7) is 0. The van der Waals surface area contributed by atoms with E-state index in [-0.39, 0.29) is 12.2 Å². The largest absolute Gasteiger partial charge is 0.480 e. The number of aliphatic carboxylic acids is 1. The van der Waals surface area contributed by atoms with Crippen molar-refractivity contribution in [2.24, 2.45) is 0 Å². The highest BCUT2D eigenvalue weighted by Gasteiger charge is 2.24. The van der Waals surface area contributed by atoms with E-state index in [1.165, 1.54) is 0 Å². The molecule has 6 heteroatoms. The fourth-order valence-electron chi connectivity index (χ4n) is 3.04. The Hall–Kier alpha value is -3.54. The molecular formula is C20H16N2O4. The average Bonchev–Trinajstić information content (AvgIpc) is 3.25. The van der Waals surface area contributed by atoms with Crippen LogP contribution in [0.15, 0.2) is 65.2 Å². The normalized spacial score (nSPS) is 12.3. The van der Waals surface area contributed by atoms with Gasteiger partial charge in [0.15, 0.2) is 5.76 Å². The summed E-state index contributed by atoms with van der Waals surface area (Å²) < 4.78 is 5.50. The summed E-state index contributed by atoms with van der Waals surface area (Å²) in [5.74, 6) is -1.55. The van der Waals surface area contributed by atoms with E-state index in [1.807, 2.05) is 42.5 Å². The number of carbonyl (C=O) groups excluding carboxylic acids is 1. The summed E-state index contributed by atoms with van der Waals surface area (Å²) in [6.07, 6.45) is 1.94. The first kappa shape index (κ1) is 16.0. The lowest BCUT2D eigenvalue weighted by atomic mass is 10.0. The number of carboxylic acid groups (broad SMARTS) is 1. The van der Waals surface area contributed by atoms with Gasteiger partial charge in [-0.25, -0.2) is 4.79 Å². The summed E-state index contributed by atoms with van der Waals surface area (Å²) in [6, 6.07) is 15.4. The van der Waals surface area contributed by atoms with Gasteiger partial charge in [0.2, 0.25) is 0 Å². The molecule has 0 unspecified atom stereocenters. The van der Waals surface area contributed by atoms with Gasteiger partial charge in [-0.05, 0) is 23.8 Å². The molecule has 0 spiro atoms. The molecule has 0 bridgehead atoms. The fraction of sp³-hybridized carbons (Fsp3) is 0.100. The van der Waals surface area contributed by atoms with E-state index in [0.29, 0.717) is 5.58 Å². The molecule has 2 heterocycles. The van der Waals surface area contributed by atoms with Crippen LogP contribution in [-0.2, 0) is 11.2 Å². The van der Waals surface area contributed by atoms with Crippen LogP contribution in [0.3, 0.4) is 0 Å². The molecule has 6 nitrogen and oxygen atoms in total. The van der Waals surface area contributed by atoms with Gasteiger partial charge in [0.25, 0.3) is 5.91 Å². The van der Waals surface area contributed by atoms with Crippen molar-refractivity contribution in [2.75, 3.05) is 0 Å². The van der Waals surface area contributed by atoms with Crippen molar-refractivity contribution in [3.05, 3.63) is 72.1 Å². The molecule has 0 radical (unpaired) electrons. The predicted molar refractivity (Wildman–Crippen MR) is 97.1 cm³/mol. The second kappa shape index (κ2) is 6.40. The molecule has 0 aliphatic rings. The number of nitrogens with one attached hydrogen (secondary N) is 2. The SMILES string of the molecule is O=C(N[C@H](Cc1c[nH]c2ccccc12)C(=O)O)c1cc2ccccc2o1. The number of carboxylic acids is 1. The first-order valence-corrected chi connectivity index (χ1v) is 8.19. The molecular weight excluding hydrogens is 332 g/mol. The van der Waals surface area contributed by atoms with Crippen molar-refractivity contribution in [1.29, 1.82) is 0 Å². The van der Waals surface area contributed by atoms with Gasteiger partial charge in [0.1, 0.15) is 11.6 Å². The molecule has 1 atom stereocenters. The van der Waals surface area contributed by atoms with Gasteiger partial charge in [0.05, 0.1) is 0 Å². The van der Waals surface area contributed by atoms with Gasteiger partial charge >= 0.3 is 5.97 Å². The minimum absolute atomic E-state index is 0.0939. The molecule has 130 valence electrons. The lowest BCUT2D eigenvalue weighted by molar-refractivity contribution is -0.139. The molecule has 3 N–H and O–H groups in total. The van der Waals surface area contributed by atoms with Crippen LogP contribution in [0.4, 0.5) is 0 Å².